The second-order valence-electron chi connectivity index (χ2n) is 5.53. The lowest BCUT2D eigenvalue weighted by atomic mass is 10.0. The topological polar surface area (TPSA) is 49.3 Å². The van der Waals surface area contributed by atoms with Crippen molar-refractivity contribution in [3.8, 4) is 0 Å². The smallest absolute Gasteiger partial charge is 0.261 e. The first-order valence-electron chi connectivity index (χ1n) is 6.78. The lowest BCUT2D eigenvalue weighted by Gasteiger charge is -2.22. The second kappa shape index (κ2) is 4.67. The van der Waals surface area contributed by atoms with Gasteiger partial charge in [0.1, 0.15) is 0 Å². The van der Waals surface area contributed by atoms with Gasteiger partial charge in [-0.1, -0.05) is 12.8 Å². The number of hydrogen-bond acceptors (Lipinski definition) is 3. The molecule has 3 nitrogen and oxygen atoms in total. The molecule has 2 aliphatic carbocycles. The Morgan fingerprint density at radius 3 is 2.83 bits per heavy atom. The minimum Gasteiger partial charge on any atom is -0.388 e. The molecular weight excluding hydrogens is 246 g/mol. The third-order valence-electron chi connectivity index (χ3n) is 4.08. The number of hydrogen-bond donors (Lipinski definition) is 2. The highest BCUT2D eigenvalue weighted by Crippen LogP contribution is 2.31. The third-order valence-corrected chi connectivity index (χ3v) is 5.32. The molecule has 1 amide bonds. The molecule has 18 heavy (non-hydrogen) atoms. The van der Waals surface area contributed by atoms with Crippen LogP contribution in [0.1, 0.15) is 52.2 Å². The summed E-state index contributed by atoms with van der Waals surface area (Å²) in [5.74, 6) is -0.0188. The van der Waals surface area contributed by atoms with Gasteiger partial charge in [-0.05, 0) is 43.7 Å². The summed E-state index contributed by atoms with van der Waals surface area (Å²) < 4.78 is 0. The number of thiophene rings is 1. The number of rotatable bonds is 3. The van der Waals surface area contributed by atoms with E-state index in [9.17, 15) is 9.90 Å². The first-order chi connectivity index (χ1) is 8.66. The standard InChI is InChI=1S/C14H19NO2S/c16-13(15-9-14(17)6-1-2-7-14)12-8-10-4-3-5-11(10)18-12/h8,17H,1-7,9H2,(H,15,16). The number of aryl methyl sites for hydroxylation is 2. The van der Waals surface area contributed by atoms with Gasteiger partial charge < -0.3 is 10.4 Å². The summed E-state index contributed by atoms with van der Waals surface area (Å²) in [4.78, 5) is 14.2. The van der Waals surface area contributed by atoms with Crippen LogP contribution < -0.4 is 5.32 Å². The van der Waals surface area contributed by atoms with Crippen LogP contribution in [0.3, 0.4) is 0 Å². The van der Waals surface area contributed by atoms with E-state index in [4.69, 9.17) is 0 Å². The van der Waals surface area contributed by atoms with Gasteiger partial charge in [0.05, 0.1) is 10.5 Å². The van der Waals surface area contributed by atoms with Crippen molar-refractivity contribution in [3.05, 3.63) is 21.4 Å². The number of carbonyl (C=O) groups is 1. The van der Waals surface area contributed by atoms with E-state index in [1.54, 1.807) is 11.3 Å². The highest BCUT2D eigenvalue weighted by Gasteiger charge is 2.31. The SMILES string of the molecule is O=C(NCC1(O)CCCC1)c1cc2c(s1)CCC2. The average Bonchev–Trinajstić information content (AvgIpc) is 3.00. The molecule has 1 heterocycles. The maximum atomic E-state index is 12.0. The predicted octanol–water partition coefficient (Wildman–Crippen LogP) is 2.27. The van der Waals surface area contributed by atoms with Crippen LogP contribution in [-0.4, -0.2) is 23.2 Å². The summed E-state index contributed by atoms with van der Waals surface area (Å²) in [6.45, 7) is 0.397. The van der Waals surface area contributed by atoms with E-state index in [-0.39, 0.29) is 5.91 Å². The van der Waals surface area contributed by atoms with Crippen molar-refractivity contribution >= 4 is 17.2 Å². The van der Waals surface area contributed by atoms with E-state index < -0.39 is 5.60 Å². The molecule has 2 aliphatic rings. The quantitative estimate of drug-likeness (QED) is 0.881. The molecule has 0 spiro atoms. The van der Waals surface area contributed by atoms with Gasteiger partial charge in [0.15, 0.2) is 0 Å². The fraction of sp³-hybridized carbons (Fsp3) is 0.643. The first-order valence-corrected chi connectivity index (χ1v) is 7.60. The molecule has 4 heteroatoms. The maximum Gasteiger partial charge on any atom is 0.261 e. The Labute approximate surface area is 111 Å². The van der Waals surface area contributed by atoms with Crippen LogP contribution in [0.15, 0.2) is 6.07 Å². The Morgan fingerprint density at radius 1 is 1.33 bits per heavy atom. The molecule has 1 aromatic rings. The lowest BCUT2D eigenvalue weighted by Crippen LogP contribution is -2.40. The van der Waals surface area contributed by atoms with Crippen LogP contribution >= 0.6 is 11.3 Å². The van der Waals surface area contributed by atoms with Gasteiger partial charge in [-0.25, -0.2) is 0 Å². The Balaban J connectivity index is 1.60. The number of amides is 1. The van der Waals surface area contributed by atoms with Crippen LogP contribution in [-0.2, 0) is 12.8 Å². The normalized spacial score (nSPS) is 20.9. The van der Waals surface area contributed by atoms with Crippen molar-refractivity contribution in [2.45, 2.75) is 50.5 Å². The zero-order chi connectivity index (χ0) is 12.6. The number of aliphatic hydroxyl groups is 1. The van der Waals surface area contributed by atoms with E-state index in [1.165, 1.54) is 16.9 Å². The fourth-order valence-corrected chi connectivity index (χ4v) is 4.15. The molecule has 0 unspecified atom stereocenters. The summed E-state index contributed by atoms with van der Waals surface area (Å²) in [7, 11) is 0. The van der Waals surface area contributed by atoms with Crippen molar-refractivity contribution in [3.63, 3.8) is 0 Å². The van der Waals surface area contributed by atoms with Gasteiger partial charge in [0, 0.05) is 11.4 Å². The Bertz CT molecular complexity index is 439. The molecule has 0 aromatic carbocycles. The van der Waals surface area contributed by atoms with Gasteiger partial charge in [-0.3, -0.25) is 4.79 Å². The van der Waals surface area contributed by atoms with E-state index in [2.05, 4.69) is 5.32 Å². The molecule has 0 atom stereocenters. The molecular formula is C14H19NO2S. The zero-order valence-corrected chi connectivity index (χ0v) is 11.3. The van der Waals surface area contributed by atoms with Gasteiger partial charge in [-0.2, -0.15) is 0 Å². The summed E-state index contributed by atoms with van der Waals surface area (Å²) >= 11 is 1.62. The Hall–Kier alpha value is -0.870. The predicted molar refractivity (Wildman–Crippen MR) is 72.1 cm³/mol. The van der Waals surface area contributed by atoms with Crippen LogP contribution in [0.4, 0.5) is 0 Å². The van der Waals surface area contributed by atoms with Crippen LogP contribution in [0.5, 0.6) is 0 Å². The van der Waals surface area contributed by atoms with Crippen LogP contribution in [0.25, 0.3) is 0 Å². The van der Waals surface area contributed by atoms with Crippen molar-refractivity contribution in [2.24, 2.45) is 0 Å². The summed E-state index contributed by atoms with van der Waals surface area (Å²) in [5, 5.41) is 13.1. The summed E-state index contributed by atoms with van der Waals surface area (Å²) in [5.41, 5.74) is 0.695. The largest absolute Gasteiger partial charge is 0.388 e. The van der Waals surface area contributed by atoms with Crippen molar-refractivity contribution < 1.29 is 9.90 Å². The van der Waals surface area contributed by atoms with E-state index in [1.807, 2.05) is 6.07 Å². The van der Waals surface area contributed by atoms with Crippen molar-refractivity contribution in [2.75, 3.05) is 6.54 Å². The van der Waals surface area contributed by atoms with E-state index >= 15 is 0 Å². The molecule has 1 saturated carbocycles. The fourth-order valence-electron chi connectivity index (χ4n) is 2.98. The monoisotopic (exact) mass is 265 g/mol. The minimum atomic E-state index is -0.657. The molecule has 1 aromatic heterocycles. The van der Waals surface area contributed by atoms with Crippen molar-refractivity contribution in [1.29, 1.82) is 0 Å². The molecule has 0 aliphatic heterocycles. The molecule has 1 fully saturated rings. The number of fused-ring (bicyclic) bond motifs is 1. The van der Waals surface area contributed by atoms with Gasteiger partial charge in [0.25, 0.3) is 5.91 Å². The summed E-state index contributed by atoms with van der Waals surface area (Å²) in [6, 6.07) is 2.03. The Kier molecular flexibility index (Phi) is 3.16. The van der Waals surface area contributed by atoms with Crippen LogP contribution in [0, 0.1) is 0 Å². The third kappa shape index (κ3) is 2.31. The van der Waals surface area contributed by atoms with E-state index in [0.29, 0.717) is 6.54 Å². The maximum absolute atomic E-state index is 12.0. The summed E-state index contributed by atoms with van der Waals surface area (Å²) in [6.07, 6.45) is 7.23. The zero-order valence-electron chi connectivity index (χ0n) is 10.5. The van der Waals surface area contributed by atoms with Gasteiger partial charge in [0.2, 0.25) is 0 Å². The Morgan fingerprint density at radius 2 is 2.11 bits per heavy atom. The van der Waals surface area contributed by atoms with Gasteiger partial charge >= 0.3 is 0 Å². The molecule has 0 saturated heterocycles. The number of nitrogens with one attached hydrogen (secondary N) is 1. The molecule has 0 radical (unpaired) electrons. The number of carbonyl (C=O) groups excluding carboxylic acids is 1. The molecule has 98 valence electrons. The minimum absolute atomic E-state index is 0.0188. The lowest BCUT2D eigenvalue weighted by molar-refractivity contribution is 0.0450. The molecule has 2 N–H and O–H groups in total. The van der Waals surface area contributed by atoms with Gasteiger partial charge in [-0.15, -0.1) is 11.3 Å². The van der Waals surface area contributed by atoms with Crippen molar-refractivity contribution in [1.82, 2.24) is 5.32 Å². The van der Waals surface area contributed by atoms with Crippen LogP contribution in [0.2, 0.25) is 0 Å². The van der Waals surface area contributed by atoms with E-state index in [0.717, 1.165) is 43.4 Å². The highest BCUT2D eigenvalue weighted by molar-refractivity contribution is 7.14. The molecule has 0 bridgehead atoms. The first kappa shape index (κ1) is 12.2. The average molecular weight is 265 g/mol. The molecule has 3 rings (SSSR count). The highest BCUT2D eigenvalue weighted by atomic mass is 32.1. The second-order valence-corrected chi connectivity index (χ2v) is 6.66.